The van der Waals surface area contributed by atoms with E-state index >= 15 is 0 Å². The van der Waals surface area contributed by atoms with E-state index in [4.69, 9.17) is 35.2 Å². The van der Waals surface area contributed by atoms with Crippen molar-refractivity contribution in [1.29, 1.82) is 0 Å². The molecule has 3 rings (SSSR count). The molecule has 6 heteroatoms. The van der Waals surface area contributed by atoms with Crippen LogP contribution in [0.15, 0.2) is 28.2 Å². The van der Waals surface area contributed by atoms with Crippen molar-refractivity contribution in [2.24, 2.45) is 21.8 Å². The van der Waals surface area contributed by atoms with Gasteiger partial charge in [0.05, 0.1) is 34.9 Å². The van der Waals surface area contributed by atoms with Crippen LogP contribution in [0, 0.1) is 11.8 Å². The molecular formula is C23H35Cl2FeN3. The fourth-order valence-electron chi connectivity index (χ4n) is 4.44. The number of nitrogens with zero attached hydrogens (tertiary/aromatic N) is 3. The summed E-state index contributed by atoms with van der Waals surface area (Å²) in [5.41, 5.74) is 4.16. The first-order valence-electron chi connectivity index (χ1n) is 10.9. The van der Waals surface area contributed by atoms with Crippen LogP contribution in [0.1, 0.15) is 90.4 Å². The van der Waals surface area contributed by atoms with Gasteiger partial charge in [-0.3, -0.25) is 9.98 Å². The van der Waals surface area contributed by atoms with E-state index in [0.29, 0.717) is 23.9 Å². The Kier molecular flexibility index (Phi) is 11.2. The van der Waals surface area contributed by atoms with Gasteiger partial charge in [0.1, 0.15) is 0 Å². The zero-order chi connectivity index (χ0) is 21.2. The fourth-order valence-corrected chi connectivity index (χ4v) is 4.44. The topological polar surface area (TPSA) is 37.6 Å². The van der Waals surface area contributed by atoms with Crippen molar-refractivity contribution in [2.75, 3.05) is 0 Å². The minimum absolute atomic E-state index is 0.194. The molecule has 0 bridgehead atoms. The van der Waals surface area contributed by atoms with Gasteiger partial charge in [0.15, 0.2) is 0 Å². The van der Waals surface area contributed by atoms with Crippen LogP contribution in [0.4, 0.5) is 0 Å². The molecule has 2 unspecified atom stereocenters. The molecule has 2 aliphatic carbocycles. The fraction of sp³-hybridized carbons (Fsp3) is 0.696. The third kappa shape index (κ3) is 7.98. The summed E-state index contributed by atoms with van der Waals surface area (Å²) in [6, 6.07) is 7.21. The van der Waals surface area contributed by atoms with Gasteiger partial charge in [-0.2, -0.15) is 0 Å². The number of rotatable bonds is 4. The zero-order valence-corrected chi connectivity index (χ0v) is 20.8. The van der Waals surface area contributed by atoms with E-state index in [9.17, 15) is 0 Å². The van der Waals surface area contributed by atoms with Crippen LogP contribution >= 0.6 is 20.2 Å². The minimum atomic E-state index is 0.194. The van der Waals surface area contributed by atoms with Gasteiger partial charge in [0, 0.05) is 0 Å². The van der Waals surface area contributed by atoms with Gasteiger partial charge in [0.2, 0.25) is 0 Å². The van der Waals surface area contributed by atoms with Crippen LogP contribution in [-0.2, 0) is 13.1 Å². The molecule has 29 heavy (non-hydrogen) atoms. The monoisotopic (exact) mass is 479 g/mol. The van der Waals surface area contributed by atoms with Crippen LogP contribution in [-0.4, -0.2) is 28.5 Å². The number of pyridine rings is 1. The number of aliphatic imine (C=N–C) groups is 2. The van der Waals surface area contributed by atoms with Gasteiger partial charge in [-0.15, -0.1) is 0 Å². The molecule has 0 saturated heterocycles. The summed E-state index contributed by atoms with van der Waals surface area (Å²) in [4.78, 5) is 15.0. The molecule has 0 aliphatic heterocycles. The van der Waals surface area contributed by atoms with Crippen molar-refractivity contribution in [2.45, 2.75) is 91.1 Å². The van der Waals surface area contributed by atoms with Gasteiger partial charge in [-0.1, -0.05) is 45.6 Å². The zero-order valence-electron chi connectivity index (χ0n) is 18.1. The SMILES string of the molecule is CC(=NC1CCCC[C@H]1C)c1cccc(C(C)=NC2CCCC[C@@H]2C)n1.[Cl][Fe][Cl]. The van der Waals surface area contributed by atoms with Gasteiger partial charge >= 0.3 is 33.3 Å². The van der Waals surface area contributed by atoms with Gasteiger partial charge in [0.25, 0.3) is 0 Å². The Morgan fingerprint density at radius 2 is 1.21 bits per heavy atom. The molecule has 0 spiro atoms. The van der Waals surface area contributed by atoms with Crippen LogP contribution in [0.2, 0.25) is 0 Å². The van der Waals surface area contributed by atoms with Crippen molar-refractivity contribution >= 4 is 31.6 Å². The standard InChI is InChI=1S/C23H35N3.2ClH.Fe/c1-16-10-5-7-12-20(16)24-18(3)22-14-9-15-23(26-22)19(4)25-21-13-8-6-11-17(21)2;;;/h9,14-17,20-21H,5-8,10-13H2,1-4H3;2*1H;/q;;;+2/p-2/t16-,17+,20?,21?;;;. The van der Waals surface area contributed by atoms with Crippen LogP contribution in [0.25, 0.3) is 0 Å². The van der Waals surface area contributed by atoms with E-state index in [2.05, 4.69) is 45.9 Å². The van der Waals surface area contributed by atoms with Crippen molar-refractivity contribution in [3.63, 3.8) is 0 Å². The second kappa shape index (κ2) is 13.1. The summed E-state index contributed by atoms with van der Waals surface area (Å²) in [7, 11) is 9.53. The maximum atomic E-state index is 5.03. The van der Waals surface area contributed by atoms with E-state index in [1.807, 2.05) is 0 Å². The predicted molar refractivity (Wildman–Crippen MR) is 123 cm³/mol. The van der Waals surface area contributed by atoms with Gasteiger partial charge in [-0.25, -0.2) is 4.98 Å². The van der Waals surface area contributed by atoms with Crippen molar-refractivity contribution in [3.05, 3.63) is 29.6 Å². The normalized spacial score (nSPS) is 28.6. The third-order valence-corrected chi connectivity index (χ3v) is 6.34. The molecule has 0 aromatic carbocycles. The Hall–Kier alpha value is -0.411. The molecule has 1 aromatic rings. The van der Waals surface area contributed by atoms with Gasteiger partial charge in [-0.05, 0) is 63.5 Å². The molecule has 2 fully saturated rings. The average Bonchev–Trinajstić information content (AvgIpc) is 2.72. The summed E-state index contributed by atoms with van der Waals surface area (Å²) >= 11 is 0.194. The predicted octanol–water partition coefficient (Wildman–Crippen LogP) is 7.23. The van der Waals surface area contributed by atoms with Crippen molar-refractivity contribution in [3.8, 4) is 0 Å². The first kappa shape index (κ1) is 24.9. The Labute approximate surface area is 191 Å². The molecule has 4 atom stereocenters. The summed E-state index contributed by atoms with van der Waals surface area (Å²) < 4.78 is 0. The van der Waals surface area contributed by atoms with Crippen molar-refractivity contribution in [1.82, 2.24) is 4.98 Å². The summed E-state index contributed by atoms with van der Waals surface area (Å²) in [5.74, 6) is 1.39. The number of halogens is 2. The molecular weight excluding hydrogens is 445 g/mol. The third-order valence-electron chi connectivity index (χ3n) is 6.34. The Balaban J connectivity index is 0.000000941. The summed E-state index contributed by atoms with van der Waals surface area (Å²) in [6.45, 7) is 8.91. The molecule has 0 N–H and O–H groups in total. The number of hydrogen-bond acceptors (Lipinski definition) is 3. The average molecular weight is 480 g/mol. The van der Waals surface area contributed by atoms with E-state index in [1.165, 1.54) is 51.4 Å². The summed E-state index contributed by atoms with van der Waals surface area (Å²) in [6.07, 6.45) is 10.4. The van der Waals surface area contributed by atoms with E-state index in [1.54, 1.807) is 0 Å². The Bertz CT molecular complexity index is 639. The maximum absolute atomic E-state index is 5.03. The quantitative estimate of drug-likeness (QED) is 0.331. The molecule has 2 aliphatic rings. The Morgan fingerprint density at radius 3 is 1.59 bits per heavy atom. The van der Waals surface area contributed by atoms with E-state index in [-0.39, 0.29) is 13.1 Å². The second-order valence-corrected chi connectivity index (χ2v) is 10.4. The molecule has 0 radical (unpaired) electrons. The molecule has 1 aromatic heterocycles. The molecule has 3 nitrogen and oxygen atoms in total. The van der Waals surface area contributed by atoms with E-state index in [0.717, 1.165) is 22.8 Å². The molecule has 2 saturated carbocycles. The Morgan fingerprint density at radius 1 is 0.828 bits per heavy atom. The molecule has 1 heterocycles. The number of hydrogen-bond donors (Lipinski definition) is 0. The second-order valence-electron chi connectivity index (χ2n) is 8.55. The van der Waals surface area contributed by atoms with Crippen LogP contribution in [0.3, 0.4) is 0 Å². The first-order chi connectivity index (χ1) is 14.0. The molecule has 0 amide bonds. The van der Waals surface area contributed by atoms with Crippen LogP contribution < -0.4 is 0 Å². The van der Waals surface area contributed by atoms with Gasteiger partial charge < -0.3 is 0 Å². The van der Waals surface area contributed by atoms with E-state index < -0.39 is 0 Å². The van der Waals surface area contributed by atoms with Crippen LogP contribution in [0.5, 0.6) is 0 Å². The van der Waals surface area contributed by atoms with Crippen molar-refractivity contribution < 1.29 is 13.1 Å². The summed E-state index contributed by atoms with van der Waals surface area (Å²) in [5, 5.41) is 0. The first-order valence-corrected chi connectivity index (χ1v) is 13.9. The number of aromatic nitrogens is 1. The molecule has 164 valence electrons.